The monoisotopic (exact) mass is 461 g/mol. The van der Waals surface area contributed by atoms with Gasteiger partial charge in [-0.15, -0.1) is 0 Å². The smallest absolute Gasteiger partial charge is 0.253 e. The van der Waals surface area contributed by atoms with Crippen LogP contribution in [0.5, 0.6) is 11.5 Å². The summed E-state index contributed by atoms with van der Waals surface area (Å²) in [6, 6.07) is 11.2. The van der Waals surface area contributed by atoms with E-state index in [2.05, 4.69) is 10.6 Å². The Bertz CT molecular complexity index is 1120. The van der Waals surface area contributed by atoms with Gasteiger partial charge in [-0.1, -0.05) is 12.1 Å². The third kappa shape index (κ3) is 5.50. The van der Waals surface area contributed by atoms with Crippen molar-refractivity contribution in [1.82, 2.24) is 5.32 Å². The number of hydrogen-bond donors (Lipinski definition) is 2. The van der Waals surface area contributed by atoms with Gasteiger partial charge in [0.1, 0.15) is 6.54 Å². The van der Waals surface area contributed by atoms with Crippen molar-refractivity contribution in [3.63, 3.8) is 0 Å². The first-order chi connectivity index (χ1) is 15.0. The largest absolute Gasteiger partial charge is 0.454 e. The SMILES string of the molecule is CCS(=O)(=O)N(CC(=O)Nc1ccccc1C(=O)NC(C)(C)C)c1ccc2c(c1)OCO2. The molecule has 0 saturated heterocycles. The van der Waals surface area contributed by atoms with E-state index in [0.717, 1.165) is 4.31 Å². The quantitative estimate of drug-likeness (QED) is 0.655. The van der Waals surface area contributed by atoms with Crippen molar-refractivity contribution in [2.45, 2.75) is 33.2 Å². The molecule has 0 fully saturated rings. The Morgan fingerprint density at radius 3 is 2.44 bits per heavy atom. The summed E-state index contributed by atoms with van der Waals surface area (Å²) in [6.45, 7) is 6.64. The fourth-order valence-electron chi connectivity index (χ4n) is 3.06. The third-order valence-corrected chi connectivity index (χ3v) is 6.31. The Hall–Kier alpha value is -3.27. The van der Waals surface area contributed by atoms with Crippen LogP contribution in [0.2, 0.25) is 0 Å². The number of ether oxygens (including phenoxy) is 2. The molecule has 32 heavy (non-hydrogen) atoms. The van der Waals surface area contributed by atoms with E-state index in [9.17, 15) is 18.0 Å². The summed E-state index contributed by atoms with van der Waals surface area (Å²) < 4.78 is 37.1. The molecule has 2 aromatic rings. The zero-order valence-electron chi connectivity index (χ0n) is 18.5. The molecule has 0 radical (unpaired) electrons. The van der Waals surface area contributed by atoms with Gasteiger partial charge in [-0.2, -0.15) is 0 Å². The van der Waals surface area contributed by atoms with Crippen LogP contribution in [0.15, 0.2) is 42.5 Å². The molecule has 0 spiro atoms. The fraction of sp³-hybridized carbons (Fsp3) is 0.364. The average Bonchev–Trinajstić information content (AvgIpc) is 3.19. The van der Waals surface area contributed by atoms with E-state index in [1.807, 2.05) is 20.8 Å². The van der Waals surface area contributed by atoms with Crippen molar-refractivity contribution < 1.29 is 27.5 Å². The fourth-order valence-corrected chi connectivity index (χ4v) is 4.13. The Morgan fingerprint density at radius 1 is 1.06 bits per heavy atom. The van der Waals surface area contributed by atoms with Crippen molar-refractivity contribution in [1.29, 1.82) is 0 Å². The molecule has 0 saturated carbocycles. The molecular weight excluding hydrogens is 434 g/mol. The van der Waals surface area contributed by atoms with Crippen LogP contribution in [0.1, 0.15) is 38.1 Å². The first kappa shape index (κ1) is 23.4. The van der Waals surface area contributed by atoms with Crippen LogP contribution in [-0.4, -0.2) is 44.9 Å². The number of fused-ring (bicyclic) bond motifs is 1. The Labute approximate surface area is 187 Å². The zero-order chi connectivity index (χ0) is 23.5. The number of amides is 2. The summed E-state index contributed by atoms with van der Waals surface area (Å²) in [5, 5.41) is 5.51. The Morgan fingerprint density at radius 2 is 1.75 bits per heavy atom. The van der Waals surface area contributed by atoms with Gasteiger partial charge in [-0.05, 0) is 52.0 Å². The number of carbonyl (C=O) groups is 2. The van der Waals surface area contributed by atoms with Crippen LogP contribution in [0.25, 0.3) is 0 Å². The van der Waals surface area contributed by atoms with Crippen LogP contribution >= 0.6 is 0 Å². The van der Waals surface area contributed by atoms with Gasteiger partial charge < -0.3 is 20.1 Å². The number of hydrogen-bond acceptors (Lipinski definition) is 6. The highest BCUT2D eigenvalue weighted by Crippen LogP contribution is 2.36. The van der Waals surface area contributed by atoms with Crippen LogP contribution in [0.3, 0.4) is 0 Å². The van der Waals surface area contributed by atoms with Crippen molar-refractivity contribution in [2.24, 2.45) is 0 Å². The molecule has 0 atom stereocenters. The number of anilines is 2. The Kier molecular flexibility index (Phi) is 6.63. The Balaban J connectivity index is 1.84. The first-order valence-electron chi connectivity index (χ1n) is 10.1. The van der Waals surface area contributed by atoms with Crippen LogP contribution < -0.4 is 24.4 Å². The molecule has 1 aliphatic heterocycles. The average molecular weight is 462 g/mol. The molecule has 9 nitrogen and oxygen atoms in total. The molecule has 1 heterocycles. The van der Waals surface area contributed by atoms with E-state index in [-0.39, 0.29) is 29.7 Å². The lowest BCUT2D eigenvalue weighted by molar-refractivity contribution is -0.114. The highest BCUT2D eigenvalue weighted by atomic mass is 32.2. The molecule has 10 heteroatoms. The van der Waals surface area contributed by atoms with Gasteiger partial charge in [0.2, 0.25) is 22.7 Å². The summed E-state index contributed by atoms with van der Waals surface area (Å²) in [7, 11) is -3.77. The minimum absolute atomic E-state index is 0.0488. The second-order valence-electron chi connectivity index (χ2n) is 8.24. The lowest BCUT2D eigenvalue weighted by Gasteiger charge is -2.24. The van der Waals surface area contributed by atoms with E-state index < -0.39 is 28.0 Å². The predicted molar refractivity (Wildman–Crippen MR) is 122 cm³/mol. The highest BCUT2D eigenvalue weighted by Gasteiger charge is 2.26. The molecule has 0 aromatic heterocycles. The number of para-hydroxylation sites is 1. The molecule has 172 valence electrons. The highest BCUT2D eigenvalue weighted by molar-refractivity contribution is 7.92. The maximum atomic E-state index is 12.8. The van der Waals surface area contributed by atoms with E-state index in [4.69, 9.17) is 9.47 Å². The molecule has 0 bridgehead atoms. The molecule has 3 rings (SSSR count). The maximum Gasteiger partial charge on any atom is 0.253 e. The molecule has 1 aliphatic rings. The lowest BCUT2D eigenvalue weighted by Crippen LogP contribution is -2.41. The molecular formula is C22H27N3O6S. The van der Waals surface area contributed by atoms with Crippen LogP contribution in [-0.2, 0) is 14.8 Å². The second kappa shape index (κ2) is 9.07. The van der Waals surface area contributed by atoms with Gasteiger partial charge in [0.25, 0.3) is 5.91 Å². The van der Waals surface area contributed by atoms with E-state index >= 15 is 0 Å². The van der Waals surface area contributed by atoms with Crippen molar-refractivity contribution in [3.8, 4) is 11.5 Å². The summed E-state index contributed by atoms with van der Waals surface area (Å²) in [5.41, 5.74) is 0.395. The lowest BCUT2D eigenvalue weighted by atomic mass is 10.1. The number of carbonyl (C=O) groups excluding carboxylic acids is 2. The number of rotatable bonds is 7. The normalized spacial score (nSPS) is 12.9. The number of benzene rings is 2. The third-order valence-electron chi connectivity index (χ3n) is 4.57. The summed E-state index contributed by atoms with van der Waals surface area (Å²) >= 11 is 0. The van der Waals surface area contributed by atoms with Gasteiger partial charge >= 0.3 is 0 Å². The molecule has 0 aliphatic carbocycles. The van der Waals surface area contributed by atoms with Crippen molar-refractivity contribution in [3.05, 3.63) is 48.0 Å². The van der Waals surface area contributed by atoms with Crippen molar-refractivity contribution >= 4 is 33.2 Å². The molecule has 2 amide bonds. The van der Waals surface area contributed by atoms with Crippen LogP contribution in [0, 0.1) is 0 Å². The molecule has 2 N–H and O–H groups in total. The van der Waals surface area contributed by atoms with Crippen molar-refractivity contribution in [2.75, 3.05) is 28.7 Å². The van der Waals surface area contributed by atoms with Gasteiger partial charge in [0, 0.05) is 11.6 Å². The summed E-state index contributed by atoms with van der Waals surface area (Å²) in [5.74, 6) is -0.216. The molecule has 0 unspecified atom stereocenters. The molecule has 2 aromatic carbocycles. The minimum Gasteiger partial charge on any atom is -0.454 e. The van der Waals surface area contributed by atoms with Gasteiger partial charge in [-0.25, -0.2) is 8.42 Å². The first-order valence-corrected chi connectivity index (χ1v) is 11.7. The van der Waals surface area contributed by atoms with E-state index in [0.29, 0.717) is 17.2 Å². The number of nitrogens with zero attached hydrogens (tertiary/aromatic N) is 1. The number of sulfonamides is 1. The van der Waals surface area contributed by atoms with Gasteiger partial charge in [-0.3, -0.25) is 13.9 Å². The standard InChI is InChI=1S/C22H27N3O6S/c1-5-32(28,29)25(15-10-11-18-19(12-15)31-14-30-18)13-20(26)23-17-9-7-6-8-16(17)21(27)24-22(2,3)4/h6-12H,5,13-14H2,1-4H3,(H,23,26)(H,24,27). The number of nitrogens with one attached hydrogen (secondary N) is 2. The second-order valence-corrected chi connectivity index (χ2v) is 10.4. The minimum atomic E-state index is -3.77. The topological polar surface area (TPSA) is 114 Å². The van der Waals surface area contributed by atoms with Gasteiger partial charge in [0.15, 0.2) is 11.5 Å². The van der Waals surface area contributed by atoms with Gasteiger partial charge in [0.05, 0.1) is 22.7 Å². The maximum absolute atomic E-state index is 12.8. The predicted octanol–water partition coefficient (Wildman–Crippen LogP) is 2.74. The summed E-state index contributed by atoms with van der Waals surface area (Å²) in [4.78, 5) is 25.5. The van der Waals surface area contributed by atoms with E-state index in [1.165, 1.54) is 13.0 Å². The summed E-state index contributed by atoms with van der Waals surface area (Å²) in [6.07, 6.45) is 0. The van der Waals surface area contributed by atoms with Crippen LogP contribution in [0.4, 0.5) is 11.4 Å². The van der Waals surface area contributed by atoms with E-state index in [1.54, 1.807) is 36.4 Å². The zero-order valence-corrected chi connectivity index (χ0v) is 19.3.